The second-order valence-electron chi connectivity index (χ2n) is 3.08. The van der Waals surface area contributed by atoms with Gasteiger partial charge in [-0.25, -0.2) is 4.99 Å². The summed E-state index contributed by atoms with van der Waals surface area (Å²) in [6.07, 6.45) is 2.94. The lowest BCUT2D eigenvalue weighted by atomic mass is 10.3. The highest BCUT2D eigenvalue weighted by Crippen LogP contribution is 1.87. The maximum absolute atomic E-state index is 5.57. The molecule has 0 radical (unpaired) electrons. The lowest BCUT2D eigenvalue weighted by Crippen LogP contribution is -2.33. The van der Waals surface area contributed by atoms with E-state index < -0.39 is 0 Å². The molecule has 0 amide bonds. The minimum atomic E-state index is 0.492. The minimum absolute atomic E-state index is 0.492. The third kappa shape index (κ3) is 8.88. The lowest BCUT2D eigenvalue weighted by Gasteiger charge is -2.02. The van der Waals surface area contributed by atoms with Crippen molar-refractivity contribution in [2.45, 2.75) is 20.3 Å². The minimum Gasteiger partial charge on any atom is -0.370 e. The maximum atomic E-state index is 5.57. The van der Waals surface area contributed by atoms with Crippen LogP contribution in [0.5, 0.6) is 0 Å². The average molecular weight is 184 g/mol. The molecule has 0 fully saturated rings. The molecule has 0 aromatic heterocycles. The highest BCUT2D eigenvalue weighted by Gasteiger charge is 1.88. The second kappa shape index (κ2) is 7.61. The van der Waals surface area contributed by atoms with Gasteiger partial charge in [-0.2, -0.15) is 0 Å². The largest absolute Gasteiger partial charge is 0.370 e. The van der Waals surface area contributed by atoms with E-state index in [1.165, 1.54) is 5.57 Å². The molecule has 0 aliphatic heterocycles. The fraction of sp³-hybridized carbons (Fsp3) is 0.667. The van der Waals surface area contributed by atoms with E-state index in [4.69, 9.17) is 11.5 Å². The van der Waals surface area contributed by atoms with Crippen molar-refractivity contribution in [2.24, 2.45) is 16.5 Å². The summed E-state index contributed by atoms with van der Waals surface area (Å²) in [7, 11) is 0. The van der Waals surface area contributed by atoms with Crippen LogP contribution in [0.1, 0.15) is 20.3 Å². The number of hydrogen-bond acceptors (Lipinski definition) is 2. The van der Waals surface area contributed by atoms with E-state index in [1.807, 2.05) is 19.9 Å². The van der Waals surface area contributed by atoms with Gasteiger partial charge in [0.05, 0.1) is 6.54 Å². The molecule has 0 aromatic carbocycles. The predicted octanol–water partition coefficient (Wildman–Crippen LogP) is 0.206. The van der Waals surface area contributed by atoms with Crippen LogP contribution in [0.3, 0.4) is 0 Å². The van der Waals surface area contributed by atoms with Gasteiger partial charge >= 0.3 is 0 Å². The molecule has 0 aliphatic rings. The Hall–Kier alpha value is -1.03. The zero-order valence-electron chi connectivity index (χ0n) is 8.51. The van der Waals surface area contributed by atoms with Crippen molar-refractivity contribution in [3.8, 4) is 0 Å². The van der Waals surface area contributed by atoms with Crippen LogP contribution in [-0.2, 0) is 0 Å². The van der Waals surface area contributed by atoms with E-state index in [9.17, 15) is 0 Å². The van der Waals surface area contributed by atoms with Crippen molar-refractivity contribution in [1.29, 1.82) is 0 Å². The van der Waals surface area contributed by atoms with Crippen LogP contribution in [0.15, 0.2) is 16.6 Å². The van der Waals surface area contributed by atoms with Gasteiger partial charge in [0.1, 0.15) is 0 Å². The molecule has 0 atom stereocenters. The predicted molar refractivity (Wildman–Crippen MR) is 57.6 cm³/mol. The van der Waals surface area contributed by atoms with Gasteiger partial charge in [-0.1, -0.05) is 11.6 Å². The van der Waals surface area contributed by atoms with Crippen LogP contribution in [0.4, 0.5) is 0 Å². The molecular weight excluding hydrogens is 164 g/mol. The molecule has 0 bridgehead atoms. The molecule has 4 nitrogen and oxygen atoms in total. The molecule has 13 heavy (non-hydrogen) atoms. The molecule has 0 aromatic rings. The Balaban J connectivity index is 3.57. The van der Waals surface area contributed by atoms with Crippen molar-refractivity contribution in [3.05, 3.63) is 11.6 Å². The van der Waals surface area contributed by atoms with Crippen LogP contribution in [0, 0.1) is 0 Å². The van der Waals surface area contributed by atoms with Crippen molar-refractivity contribution in [2.75, 3.05) is 19.6 Å². The van der Waals surface area contributed by atoms with E-state index in [1.54, 1.807) is 0 Å². The Morgan fingerprint density at radius 1 is 1.46 bits per heavy atom. The number of aliphatic imine (C=N–C) groups is 1. The van der Waals surface area contributed by atoms with E-state index in [0.717, 1.165) is 13.0 Å². The number of nitrogens with one attached hydrogen (secondary N) is 1. The van der Waals surface area contributed by atoms with Crippen LogP contribution < -0.4 is 16.8 Å². The molecule has 5 N–H and O–H groups in total. The summed E-state index contributed by atoms with van der Waals surface area (Å²) < 4.78 is 0. The van der Waals surface area contributed by atoms with E-state index in [-0.39, 0.29) is 0 Å². The number of allylic oxidation sites excluding steroid dienone is 1. The number of rotatable bonds is 5. The molecule has 0 heterocycles. The number of hydrogen-bond donors (Lipinski definition) is 3. The van der Waals surface area contributed by atoms with Crippen LogP contribution in [0.25, 0.3) is 0 Å². The highest BCUT2D eigenvalue weighted by molar-refractivity contribution is 5.77. The summed E-state index contributed by atoms with van der Waals surface area (Å²) in [6.45, 7) is 6.18. The first-order chi connectivity index (χ1) is 6.16. The normalized spacial score (nSPS) is 11.2. The van der Waals surface area contributed by atoms with Gasteiger partial charge in [0.2, 0.25) is 0 Å². The molecule has 0 unspecified atom stereocenters. The van der Waals surface area contributed by atoms with Gasteiger partial charge < -0.3 is 16.8 Å². The molecule has 76 valence electrons. The third-order valence-electron chi connectivity index (χ3n) is 1.45. The van der Waals surface area contributed by atoms with Gasteiger partial charge in [-0.3, -0.25) is 0 Å². The van der Waals surface area contributed by atoms with Crippen molar-refractivity contribution in [1.82, 2.24) is 5.32 Å². The van der Waals surface area contributed by atoms with Crippen LogP contribution in [-0.4, -0.2) is 25.6 Å². The van der Waals surface area contributed by atoms with Gasteiger partial charge in [0, 0.05) is 6.54 Å². The Morgan fingerprint density at radius 3 is 2.69 bits per heavy atom. The lowest BCUT2D eigenvalue weighted by molar-refractivity contribution is 0.777. The summed E-state index contributed by atoms with van der Waals surface area (Å²) in [5, 5.41) is 2.98. The van der Waals surface area contributed by atoms with Crippen molar-refractivity contribution < 1.29 is 0 Å². The smallest absolute Gasteiger partial charge is 0.188 e. The Morgan fingerprint density at radius 2 is 2.15 bits per heavy atom. The van der Waals surface area contributed by atoms with Gasteiger partial charge in [-0.15, -0.1) is 0 Å². The molecule has 0 saturated heterocycles. The van der Waals surface area contributed by atoms with Crippen LogP contribution in [0.2, 0.25) is 0 Å². The molecule has 0 saturated carbocycles. The number of nitrogens with zero attached hydrogens (tertiary/aromatic N) is 1. The van der Waals surface area contributed by atoms with Gasteiger partial charge in [0.25, 0.3) is 0 Å². The zero-order valence-corrected chi connectivity index (χ0v) is 8.51. The topological polar surface area (TPSA) is 76.4 Å². The Kier molecular flexibility index (Phi) is 7.01. The summed E-state index contributed by atoms with van der Waals surface area (Å²) in [4.78, 5) is 4.10. The molecular formula is C9H20N4. The SMILES string of the molecule is CC(C)=CCN=C(N)NCCCN. The van der Waals surface area contributed by atoms with Gasteiger partial charge in [-0.05, 0) is 26.8 Å². The first-order valence-corrected chi connectivity index (χ1v) is 4.54. The molecule has 4 heteroatoms. The first kappa shape index (κ1) is 12.0. The fourth-order valence-corrected chi connectivity index (χ4v) is 0.701. The average Bonchev–Trinajstić information content (AvgIpc) is 2.04. The third-order valence-corrected chi connectivity index (χ3v) is 1.45. The van der Waals surface area contributed by atoms with E-state index in [0.29, 0.717) is 19.0 Å². The maximum Gasteiger partial charge on any atom is 0.188 e. The Bertz CT molecular complexity index is 180. The van der Waals surface area contributed by atoms with Crippen molar-refractivity contribution >= 4 is 5.96 Å². The number of guanidine groups is 1. The van der Waals surface area contributed by atoms with E-state index in [2.05, 4.69) is 10.3 Å². The first-order valence-electron chi connectivity index (χ1n) is 4.54. The molecule has 0 aliphatic carbocycles. The standard InChI is InChI=1S/C9H20N4/c1-8(2)4-7-13-9(11)12-6-3-5-10/h4H,3,5-7,10H2,1-2H3,(H3,11,12,13). The summed E-state index contributed by atoms with van der Waals surface area (Å²) >= 11 is 0. The molecule has 0 spiro atoms. The van der Waals surface area contributed by atoms with Gasteiger partial charge in [0.15, 0.2) is 5.96 Å². The fourth-order valence-electron chi connectivity index (χ4n) is 0.701. The number of nitrogens with two attached hydrogens (primary N) is 2. The van der Waals surface area contributed by atoms with E-state index >= 15 is 0 Å². The monoisotopic (exact) mass is 184 g/mol. The molecule has 0 rings (SSSR count). The summed E-state index contributed by atoms with van der Waals surface area (Å²) in [6, 6.07) is 0. The summed E-state index contributed by atoms with van der Waals surface area (Å²) in [5.41, 5.74) is 12.1. The second-order valence-corrected chi connectivity index (χ2v) is 3.08. The van der Waals surface area contributed by atoms with Crippen LogP contribution >= 0.6 is 0 Å². The summed E-state index contributed by atoms with van der Waals surface area (Å²) in [5.74, 6) is 0.492. The van der Waals surface area contributed by atoms with Crippen molar-refractivity contribution in [3.63, 3.8) is 0 Å². The quantitative estimate of drug-likeness (QED) is 0.247. The zero-order chi connectivity index (χ0) is 10.1. The highest BCUT2D eigenvalue weighted by atomic mass is 15.1. The Labute approximate surface area is 80.1 Å².